The maximum absolute atomic E-state index is 11.3. The van der Waals surface area contributed by atoms with Gasteiger partial charge in [0.1, 0.15) is 0 Å². The zero-order chi connectivity index (χ0) is 15.3. The fraction of sp³-hybridized carbons (Fsp3) is 0.417. The average molecular weight is 303 g/mol. The minimum Gasteiger partial charge on any atom is -0.493 e. The van der Waals surface area contributed by atoms with E-state index in [1.165, 1.54) is 14.2 Å². The molecule has 0 radical (unpaired) electrons. The summed E-state index contributed by atoms with van der Waals surface area (Å²) in [4.78, 5) is 10.9. The summed E-state index contributed by atoms with van der Waals surface area (Å²) < 4.78 is 35.1. The molecule has 20 heavy (non-hydrogen) atoms. The van der Waals surface area contributed by atoms with E-state index >= 15 is 0 Å². The Labute approximate surface area is 117 Å². The molecule has 0 unspecified atom stereocenters. The highest BCUT2D eigenvalue weighted by Crippen LogP contribution is 2.31. The maximum Gasteiger partial charge on any atom is 0.305 e. The van der Waals surface area contributed by atoms with E-state index in [0.717, 1.165) is 6.26 Å². The second kappa shape index (κ2) is 6.58. The largest absolute Gasteiger partial charge is 0.493 e. The first-order chi connectivity index (χ1) is 9.26. The molecule has 2 N–H and O–H groups in total. The molecule has 1 atom stereocenters. The standard InChI is InChI=1S/C12H17NO6S/c1-18-10-5-4-8(6-11(10)19-2)9(7-12(14)15)13-20(3,16)17/h4-6,9,13H,7H2,1-3H3,(H,14,15)/t9-/m1/s1. The first kappa shape index (κ1) is 16.3. The Morgan fingerprint density at radius 1 is 1.30 bits per heavy atom. The van der Waals surface area contributed by atoms with E-state index in [1.54, 1.807) is 18.2 Å². The normalized spacial score (nSPS) is 12.8. The number of benzene rings is 1. The van der Waals surface area contributed by atoms with Crippen molar-refractivity contribution in [2.24, 2.45) is 0 Å². The van der Waals surface area contributed by atoms with Gasteiger partial charge in [-0.25, -0.2) is 13.1 Å². The molecule has 7 nitrogen and oxygen atoms in total. The molecule has 1 rings (SSSR count). The van der Waals surface area contributed by atoms with Crippen molar-refractivity contribution in [2.75, 3.05) is 20.5 Å². The molecule has 1 aromatic rings. The van der Waals surface area contributed by atoms with E-state index in [2.05, 4.69) is 4.72 Å². The monoisotopic (exact) mass is 303 g/mol. The van der Waals surface area contributed by atoms with Crippen LogP contribution >= 0.6 is 0 Å². The smallest absolute Gasteiger partial charge is 0.305 e. The van der Waals surface area contributed by atoms with Crippen molar-refractivity contribution in [1.29, 1.82) is 0 Å². The summed E-state index contributed by atoms with van der Waals surface area (Å²) in [6.45, 7) is 0. The Hall–Kier alpha value is -1.80. The topological polar surface area (TPSA) is 102 Å². The summed E-state index contributed by atoms with van der Waals surface area (Å²) in [6.07, 6.45) is 0.602. The molecule has 0 aliphatic rings. The molecule has 0 bridgehead atoms. The van der Waals surface area contributed by atoms with Crippen LogP contribution in [0.4, 0.5) is 0 Å². The van der Waals surface area contributed by atoms with Gasteiger partial charge in [-0.3, -0.25) is 4.79 Å². The average Bonchev–Trinajstić information content (AvgIpc) is 2.35. The Balaban J connectivity index is 3.16. The molecule has 8 heteroatoms. The summed E-state index contributed by atoms with van der Waals surface area (Å²) in [5.74, 6) is -0.235. The maximum atomic E-state index is 11.3. The van der Waals surface area contributed by atoms with Gasteiger partial charge in [0.25, 0.3) is 0 Å². The lowest BCUT2D eigenvalue weighted by Gasteiger charge is -2.17. The predicted octanol–water partition coefficient (Wildman–Crippen LogP) is 0.769. The van der Waals surface area contributed by atoms with Gasteiger partial charge in [-0.05, 0) is 17.7 Å². The summed E-state index contributed by atoms with van der Waals surface area (Å²) >= 11 is 0. The third-order valence-electron chi connectivity index (χ3n) is 2.55. The summed E-state index contributed by atoms with van der Waals surface area (Å²) in [5, 5.41) is 8.88. The van der Waals surface area contributed by atoms with Gasteiger partial charge in [-0.2, -0.15) is 0 Å². The third-order valence-corrected chi connectivity index (χ3v) is 3.26. The molecular weight excluding hydrogens is 286 g/mol. The van der Waals surface area contributed by atoms with Gasteiger partial charge in [-0.15, -0.1) is 0 Å². The van der Waals surface area contributed by atoms with E-state index in [4.69, 9.17) is 14.6 Å². The zero-order valence-corrected chi connectivity index (χ0v) is 12.2. The molecule has 0 aliphatic heterocycles. The van der Waals surface area contributed by atoms with E-state index in [-0.39, 0.29) is 6.42 Å². The summed E-state index contributed by atoms with van der Waals surface area (Å²) in [6, 6.07) is 3.85. The number of carboxylic acids is 1. The molecular formula is C12H17NO6S. The summed E-state index contributed by atoms with van der Waals surface area (Å²) in [7, 11) is -0.622. The van der Waals surface area contributed by atoms with Gasteiger partial charge in [-0.1, -0.05) is 6.07 Å². The van der Waals surface area contributed by atoms with E-state index < -0.39 is 22.0 Å². The van der Waals surface area contributed by atoms with Crippen LogP contribution in [0.1, 0.15) is 18.0 Å². The SMILES string of the molecule is COc1ccc([C@@H](CC(=O)O)NS(C)(=O)=O)cc1OC. The van der Waals surface area contributed by atoms with E-state index in [1.807, 2.05) is 0 Å². The number of hydrogen-bond donors (Lipinski definition) is 2. The number of sulfonamides is 1. The van der Waals surface area contributed by atoms with Gasteiger partial charge < -0.3 is 14.6 Å². The van der Waals surface area contributed by atoms with Gasteiger partial charge in [0.15, 0.2) is 11.5 Å². The quantitative estimate of drug-likeness (QED) is 0.771. The molecule has 0 fully saturated rings. The lowest BCUT2D eigenvalue weighted by atomic mass is 10.0. The first-order valence-electron chi connectivity index (χ1n) is 5.68. The molecule has 0 amide bonds. The van der Waals surface area contributed by atoms with Crippen LogP contribution in [-0.2, 0) is 14.8 Å². The van der Waals surface area contributed by atoms with Crippen molar-refractivity contribution < 1.29 is 27.8 Å². The number of hydrogen-bond acceptors (Lipinski definition) is 5. The van der Waals surface area contributed by atoms with Crippen molar-refractivity contribution in [2.45, 2.75) is 12.5 Å². The molecule has 1 aromatic carbocycles. The van der Waals surface area contributed by atoms with Crippen molar-refractivity contribution in [1.82, 2.24) is 4.72 Å². The van der Waals surface area contributed by atoms with E-state index in [9.17, 15) is 13.2 Å². The van der Waals surface area contributed by atoms with Crippen molar-refractivity contribution in [3.05, 3.63) is 23.8 Å². The number of methoxy groups -OCH3 is 2. The number of aliphatic carboxylic acids is 1. The Morgan fingerprint density at radius 2 is 1.90 bits per heavy atom. The molecule has 0 aliphatic carbocycles. The number of nitrogens with one attached hydrogen (secondary N) is 1. The highest BCUT2D eigenvalue weighted by Gasteiger charge is 2.20. The first-order valence-corrected chi connectivity index (χ1v) is 7.57. The zero-order valence-electron chi connectivity index (χ0n) is 11.4. The lowest BCUT2D eigenvalue weighted by Crippen LogP contribution is -2.29. The van der Waals surface area contributed by atoms with Gasteiger partial charge in [0.2, 0.25) is 10.0 Å². The molecule has 0 saturated heterocycles. The highest BCUT2D eigenvalue weighted by molar-refractivity contribution is 7.88. The molecule has 0 heterocycles. The van der Waals surface area contributed by atoms with Gasteiger partial charge >= 0.3 is 5.97 Å². The van der Waals surface area contributed by atoms with E-state index in [0.29, 0.717) is 17.1 Å². The highest BCUT2D eigenvalue weighted by atomic mass is 32.2. The Bertz CT molecular complexity index is 584. The molecule has 0 aromatic heterocycles. The van der Waals surface area contributed by atoms with Crippen molar-refractivity contribution in [3.8, 4) is 11.5 Å². The van der Waals surface area contributed by atoms with Gasteiger partial charge in [0.05, 0.1) is 32.9 Å². The minimum atomic E-state index is -3.54. The van der Waals surface area contributed by atoms with Crippen LogP contribution in [0.3, 0.4) is 0 Å². The molecule has 112 valence electrons. The predicted molar refractivity (Wildman–Crippen MR) is 72.5 cm³/mol. The Kier molecular flexibility index (Phi) is 5.34. The number of ether oxygens (including phenoxy) is 2. The van der Waals surface area contributed by atoms with Crippen LogP contribution in [-0.4, -0.2) is 40.0 Å². The second-order valence-electron chi connectivity index (χ2n) is 4.15. The number of carbonyl (C=O) groups is 1. The van der Waals surface area contributed by atoms with Crippen molar-refractivity contribution >= 4 is 16.0 Å². The summed E-state index contributed by atoms with van der Waals surface area (Å²) in [5.41, 5.74) is 0.482. The second-order valence-corrected chi connectivity index (χ2v) is 5.93. The third kappa shape index (κ3) is 4.71. The number of rotatable bonds is 7. The van der Waals surface area contributed by atoms with Crippen LogP contribution in [0.2, 0.25) is 0 Å². The van der Waals surface area contributed by atoms with Crippen LogP contribution < -0.4 is 14.2 Å². The Morgan fingerprint density at radius 3 is 2.35 bits per heavy atom. The fourth-order valence-electron chi connectivity index (χ4n) is 1.73. The van der Waals surface area contributed by atoms with Crippen LogP contribution in [0.5, 0.6) is 11.5 Å². The number of carboxylic acid groups (broad SMARTS) is 1. The minimum absolute atomic E-state index is 0.372. The fourth-order valence-corrected chi connectivity index (χ4v) is 2.47. The van der Waals surface area contributed by atoms with Crippen LogP contribution in [0.15, 0.2) is 18.2 Å². The van der Waals surface area contributed by atoms with Crippen LogP contribution in [0, 0.1) is 0 Å². The van der Waals surface area contributed by atoms with Crippen LogP contribution in [0.25, 0.3) is 0 Å². The lowest BCUT2D eigenvalue weighted by molar-refractivity contribution is -0.137. The van der Waals surface area contributed by atoms with Crippen molar-refractivity contribution in [3.63, 3.8) is 0 Å². The molecule has 0 spiro atoms. The molecule has 0 saturated carbocycles. The van der Waals surface area contributed by atoms with Gasteiger partial charge in [0, 0.05) is 0 Å².